The number of phenols is 1. The van der Waals surface area contributed by atoms with Gasteiger partial charge in [-0.05, 0) is 24.5 Å². The van der Waals surface area contributed by atoms with E-state index in [2.05, 4.69) is 0 Å². The first-order valence-electron chi connectivity index (χ1n) is 5.02. The Labute approximate surface area is 105 Å². The molecule has 0 heterocycles. The summed E-state index contributed by atoms with van der Waals surface area (Å²) in [6, 6.07) is 2.11. The Morgan fingerprint density at radius 2 is 2.12 bits per heavy atom. The minimum Gasteiger partial charge on any atom is -0.506 e. The molecule has 0 radical (unpaired) electrons. The number of hydrogen-bond acceptors (Lipinski definition) is 2. The summed E-state index contributed by atoms with van der Waals surface area (Å²) in [7, 11) is 0. The van der Waals surface area contributed by atoms with Crippen molar-refractivity contribution in [3.8, 4) is 5.75 Å². The Hall–Kier alpha value is -0.510. The maximum Gasteiger partial charge on any atom is 0.141 e. The molecule has 0 aliphatic heterocycles. The fourth-order valence-corrected chi connectivity index (χ4v) is 1.90. The fourth-order valence-electron chi connectivity index (χ4n) is 1.74. The second-order valence-electron chi connectivity index (χ2n) is 4.08. The second-order valence-corrected chi connectivity index (χ2v) is 4.48. The number of rotatable bonds is 3. The molecule has 0 bridgehead atoms. The van der Waals surface area contributed by atoms with Gasteiger partial charge in [-0.3, -0.25) is 0 Å². The van der Waals surface area contributed by atoms with E-state index in [0.29, 0.717) is 12.3 Å². The molecule has 0 unspecified atom stereocenters. The molecule has 1 aliphatic carbocycles. The van der Waals surface area contributed by atoms with Gasteiger partial charge in [0.05, 0.1) is 5.02 Å². The molecule has 16 heavy (non-hydrogen) atoms. The molecule has 2 rings (SSSR count). The quantitative estimate of drug-likeness (QED) is 0.880. The van der Waals surface area contributed by atoms with Crippen molar-refractivity contribution in [2.24, 2.45) is 11.7 Å². The maximum atomic E-state index is 13.5. The minimum atomic E-state index is -0.481. The number of halogens is 3. The van der Waals surface area contributed by atoms with E-state index < -0.39 is 11.9 Å². The minimum absolute atomic E-state index is 0. The molecule has 1 aromatic carbocycles. The predicted molar refractivity (Wildman–Crippen MR) is 64.6 cm³/mol. The Bertz CT molecular complexity index is 382. The molecule has 90 valence electrons. The summed E-state index contributed by atoms with van der Waals surface area (Å²) in [6.07, 6.45) is 3.01. The molecule has 1 atom stereocenters. The Balaban J connectivity index is 0.00000128. The van der Waals surface area contributed by atoms with Gasteiger partial charge in [0.1, 0.15) is 11.6 Å². The van der Waals surface area contributed by atoms with Gasteiger partial charge in [-0.2, -0.15) is 0 Å². The van der Waals surface area contributed by atoms with Crippen molar-refractivity contribution >= 4 is 24.0 Å². The largest absolute Gasteiger partial charge is 0.506 e. The highest BCUT2D eigenvalue weighted by Crippen LogP contribution is 2.40. The fraction of sp³-hybridized carbons (Fsp3) is 0.455. The van der Waals surface area contributed by atoms with Gasteiger partial charge in [0.2, 0.25) is 0 Å². The smallest absolute Gasteiger partial charge is 0.141 e. The third-order valence-electron chi connectivity index (χ3n) is 2.77. The average Bonchev–Trinajstić information content (AvgIpc) is 2.96. The molecule has 2 nitrogen and oxygen atoms in total. The van der Waals surface area contributed by atoms with Crippen molar-refractivity contribution in [2.75, 3.05) is 0 Å². The Morgan fingerprint density at radius 3 is 2.69 bits per heavy atom. The number of nitrogens with two attached hydrogens (primary N) is 1. The van der Waals surface area contributed by atoms with Crippen LogP contribution in [0.4, 0.5) is 4.39 Å². The number of hydrogen-bond donors (Lipinski definition) is 2. The van der Waals surface area contributed by atoms with Gasteiger partial charge in [0.15, 0.2) is 0 Å². The van der Waals surface area contributed by atoms with Crippen molar-refractivity contribution in [3.05, 3.63) is 28.5 Å². The third kappa shape index (κ3) is 2.78. The van der Waals surface area contributed by atoms with Gasteiger partial charge in [-0.25, -0.2) is 4.39 Å². The highest BCUT2D eigenvalue weighted by atomic mass is 35.5. The molecule has 1 aromatic rings. The van der Waals surface area contributed by atoms with E-state index in [-0.39, 0.29) is 28.7 Å². The molecular weight excluding hydrogens is 252 g/mol. The van der Waals surface area contributed by atoms with Gasteiger partial charge < -0.3 is 10.8 Å². The van der Waals surface area contributed by atoms with Crippen LogP contribution in [0.5, 0.6) is 5.75 Å². The summed E-state index contributed by atoms with van der Waals surface area (Å²) in [5.74, 6) is -0.118. The normalized spacial score (nSPS) is 16.7. The van der Waals surface area contributed by atoms with Gasteiger partial charge in [-0.1, -0.05) is 24.4 Å². The molecule has 0 amide bonds. The van der Waals surface area contributed by atoms with E-state index in [1.807, 2.05) is 0 Å². The van der Waals surface area contributed by atoms with Gasteiger partial charge in [-0.15, -0.1) is 12.4 Å². The van der Waals surface area contributed by atoms with Crippen LogP contribution >= 0.6 is 24.0 Å². The van der Waals surface area contributed by atoms with Gasteiger partial charge in [0, 0.05) is 11.6 Å². The summed E-state index contributed by atoms with van der Waals surface area (Å²) in [4.78, 5) is 0. The lowest BCUT2D eigenvalue weighted by Gasteiger charge is -2.14. The first-order chi connectivity index (χ1) is 7.09. The standard InChI is InChI=1S/C11H13ClFNO.ClH/c12-7-3-4-8(13)10(11(7)15)9(14)5-6-1-2-6;/h3-4,6,9,15H,1-2,5,14H2;1H/t9-;/m0./s1. The highest BCUT2D eigenvalue weighted by Gasteiger charge is 2.27. The van der Waals surface area contributed by atoms with Gasteiger partial charge in [0.25, 0.3) is 0 Å². The summed E-state index contributed by atoms with van der Waals surface area (Å²) in [6.45, 7) is 0. The zero-order chi connectivity index (χ0) is 11.0. The Morgan fingerprint density at radius 1 is 1.50 bits per heavy atom. The van der Waals surface area contributed by atoms with E-state index >= 15 is 0 Å². The lowest BCUT2D eigenvalue weighted by molar-refractivity contribution is 0.441. The zero-order valence-corrected chi connectivity index (χ0v) is 10.2. The van der Waals surface area contributed by atoms with E-state index in [4.69, 9.17) is 17.3 Å². The first-order valence-corrected chi connectivity index (χ1v) is 5.40. The number of benzene rings is 1. The molecule has 0 saturated heterocycles. The van der Waals surface area contributed by atoms with E-state index in [0.717, 1.165) is 12.8 Å². The van der Waals surface area contributed by atoms with Crippen LogP contribution in [0.3, 0.4) is 0 Å². The molecule has 5 heteroatoms. The van der Waals surface area contributed by atoms with Crippen LogP contribution in [0.2, 0.25) is 5.02 Å². The summed E-state index contributed by atoms with van der Waals surface area (Å²) in [5, 5.41) is 9.78. The van der Waals surface area contributed by atoms with E-state index in [9.17, 15) is 9.50 Å². The SMILES string of the molecule is Cl.N[C@@H](CC1CC1)c1c(F)ccc(Cl)c1O. The average molecular weight is 266 g/mol. The highest BCUT2D eigenvalue weighted by molar-refractivity contribution is 6.32. The first kappa shape index (κ1) is 13.6. The van der Waals surface area contributed by atoms with Crippen molar-refractivity contribution < 1.29 is 9.50 Å². The van der Waals surface area contributed by atoms with Crippen LogP contribution in [0.15, 0.2) is 12.1 Å². The van der Waals surface area contributed by atoms with Crippen molar-refractivity contribution in [2.45, 2.75) is 25.3 Å². The van der Waals surface area contributed by atoms with Gasteiger partial charge >= 0.3 is 0 Å². The predicted octanol–water partition coefficient (Wildman–Crippen LogP) is 3.41. The van der Waals surface area contributed by atoms with Crippen LogP contribution in [0.25, 0.3) is 0 Å². The molecule has 0 spiro atoms. The van der Waals surface area contributed by atoms with Crippen LogP contribution < -0.4 is 5.73 Å². The lowest BCUT2D eigenvalue weighted by Crippen LogP contribution is -2.13. The Kier molecular flexibility index (Phi) is 4.42. The van der Waals surface area contributed by atoms with Crippen molar-refractivity contribution in [1.82, 2.24) is 0 Å². The molecular formula is C11H14Cl2FNO. The monoisotopic (exact) mass is 265 g/mol. The summed E-state index contributed by atoms with van der Waals surface area (Å²) >= 11 is 5.71. The summed E-state index contributed by atoms with van der Waals surface area (Å²) in [5.41, 5.74) is 6.00. The zero-order valence-electron chi connectivity index (χ0n) is 8.62. The molecule has 1 saturated carbocycles. The summed E-state index contributed by atoms with van der Waals surface area (Å²) < 4.78 is 13.5. The van der Waals surface area contributed by atoms with E-state index in [1.54, 1.807) is 0 Å². The maximum absolute atomic E-state index is 13.5. The molecule has 1 aliphatic rings. The molecule has 0 aromatic heterocycles. The third-order valence-corrected chi connectivity index (χ3v) is 3.07. The number of phenolic OH excluding ortho intramolecular Hbond substituents is 1. The van der Waals surface area contributed by atoms with Crippen molar-refractivity contribution in [3.63, 3.8) is 0 Å². The lowest BCUT2D eigenvalue weighted by atomic mass is 10.0. The number of aromatic hydroxyl groups is 1. The van der Waals surface area contributed by atoms with Crippen LogP contribution in [-0.4, -0.2) is 5.11 Å². The van der Waals surface area contributed by atoms with E-state index in [1.165, 1.54) is 12.1 Å². The van der Waals surface area contributed by atoms with Crippen LogP contribution in [0, 0.1) is 11.7 Å². The van der Waals surface area contributed by atoms with Crippen LogP contribution in [-0.2, 0) is 0 Å². The van der Waals surface area contributed by atoms with Crippen molar-refractivity contribution in [1.29, 1.82) is 0 Å². The molecule has 1 fully saturated rings. The van der Waals surface area contributed by atoms with Crippen LogP contribution in [0.1, 0.15) is 30.9 Å². The topological polar surface area (TPSA) is 46.2 Å². The second kappa shape index (κ2) is 5.21. The molecule has 3 N–H and O–H groups in total.